The molecule has 1 fully saturated rings. The molecule has 2 aromatic heterocycles. The summed E-state index contributed by atoms with van der Waals surface area (Å²) >= 11 is 3.52. The van der Waals surface area contributed by atoms with Gasteiger partial charge in [0.05, 0.1) is 19.3 Å². The van der Waals surface area contributed by atoms with Gasteiger partial charge in [-0.3, -0.25) is 19.3 Å². The molecule has 1 saturated heterocycles. The van der Waals surface area contributed by atoms with Crippen LogP contribution >= 0.6 is 23.1 Å². The quantitative estimate of drug-likeness (QED) is 0.414. The van der Waals surface area contributed by atoms with Gasteiger partial charge in [-0.2, -0.15) is 0 Å². The smallest absolute Gasteiger partial charge is 0.278 e. The van der Waals surface area contributed by atoms with Crippen LogP contribution in [0.3, 0.4) is 0 Å². The van der Waals surface area contributed by atoms with Crippen molar-refractivity contribution < 1.29 is 14.6 Å². The van der Waals surface area contributed by atoms with Gasteiger partial charge in [0.15, 0.2) is 11.4 Å². The average molecular weight is 530 g/mol. The molecule has 0 radical (unpaired) electrons. The summed E-state index contributed by atoms with van der Waals surface area (Å²) in [6.45, 7) is 1.11. The number of hydrogen-bond donors (Lipinski definition) is 1. The Morgan fingerprint density at radius 3 is 2.70 bits per heavy atom. The lowest BCUT2D eigenvalue weighted by Gasteiger charge is -2.51. The molecular formula is C28H23N3O4S2. The highest BCUT2D eigenvalue weighted by molar-refractivity contribution is 7.98. The summed E-state index contributed by atoms with van der Waals surface area (Å²) in [5.74, 6) is -0.0773. The minimum Gasteiger partial charge on any atom is -0.502 e. The molecule has 7 nitrogen and oxygen atoms in total. The summed E-state index contributed by atoms with van der Waals surface area (Å²) in [4.78, 5) is 30.1. The summed E-state index contributed by atoms with van der Waals surface area (Å²) in [6.07, 6.45) is 1.19. The van der Waals surface area contributed by atoms with Crippen molar-refractivity contribution in [3.05, 3.63) is 105 Å². The average Bonchev–Trinajstić information content (AvgIpc) is 3.41. The molecule has 4 aromatic rings. The number of benzene rings is 2. The Morgan fingerprint density at radius 2 is 1.84 bits per heavy atom. The van der Waals surface area contributed by atoms with Gasteiger partial charge in [-0.1, -0.05) is 42.5 Å². The van der Waals surface area contributed by atoms with Gasteiger partial charge in [-0.25, -0.2) is 0 Å². The van der Waals surface area contributed by atoms with E-state index < -0.39 is 17.3 Å². The van der Waals surface area contributed by atoms with Crippen LogP contribution in [0.2, 0.25) is 0 Å². The van der Waals surface area contributed by atoms with Crippen LogP contribution in [0.5, 0.6) is 5.75 Å². The number of carbonyl (C=O) groups is 1. The first-order chi connectivity index (χ1) is 18.1. The number of aromatic nitrogens is 1. The number of amides is 1. The van der Waals surface area contributed by atoms with Crippen molar-refractivity contribution in [3.63, 3.8) is 0 Å². The Morgan fingerprint density at radius 1 is 0.973 bits per heavy atom. The van der Waals surface area contributed by atoms with E-state index in [0.717, 1.165) is 21.8 Å². The van der Waals surface area contributed by atoms with Crippen molar-refractivity contribution in [1.29, 1.82) is 0 Å². The first kappa shape index (κ1) is 22.7. The third kappa shape index (κ3) is 3.45. The molecule has 2 atom stereocenters. The monoisotopic (exact) mass is 529 g/mol. The van der Waals surface area contributed by atoms with Gasteiger partial charge in [0, 0.05) is 34.3 Å². The Bertz CT molecular complexity index is 1580. The minimum atomic E-state index is -0.566. The molecule has 0 aliphatic carbocycles. The van der Waals surface area contributed by atoms with E-state index in [4.69, 9.17) is 4.74 Å². The van der Waals surface area contributed by atoms with Crippen molar-refractivity contribution in [3.8, 4) is 16.2 Å². The zero-order chi connectivity index (χ0) is 25.1. The predicted octanol–water partition coefficient (Wildman–Crippen LogP) is 4.43. The third-order valence-corrected chi connectivity index (χ3v) is 9.34. The molecule has 0 unspecified atom stereocenters. The molecule has 0 bridgehead atoms. The van der Waals surface area contributed by atoms with Crippen molar-refractivity contribution in [2.24, 2.45) is 0 Å². The second-order valence-corrected chi connectivity index (χ2v) is 11.2. The van der Waals surface area contributed by atoms with Gasteiger partial charge in [0.25, 0.3) is 5.91 Å². The zero-order valence-corrected chi connectivity index (χ0v) is 21.4. The molecule has 3 aliphatic heterocycles. The summed E-state index contributed by atoms with van der Waals surface area (Å²) in [5.41, 5.74) is 4.11. The number of morpholine rings is 1. The Kier molecular flexibility index (Phi) is 5.38. The standard InChI is InChI=1S/C28H23N3O4S2/c32-21-10-11-30-26(27(21)33)28(34)29-12-13-35-15-24(29)31(30)25-18-7-3-6-17(22-9-4-14-36-22)20(18)16-37-23-8-2-1-5-19(23)25/h1-11,14,24-25,33H,12-13,15-16H2/t24-,25+/m0/s1. The first-order valence-corrected chi connectivity index (χ1v) is 14.0. The van der Waals surface area contributed by atoms with Crippen molar-refractivity contribution in [2.45, 2.75) is 22.9 Å². The van der Waals surface area contributed by atoms with Gasteiger partial charge < -0.3 is 14.7 Å². The lowest BCUT2D eigenvalue weighted by atomic mass is 9.90. The van der Waals surface area contributed by atoms with E-state index >= 15 is 0 Å². The molecule has 0 spiro atoms. The molecule has 5 heterocycles. The van der Waals surface area contributed by atoms with Gasteiger partial charge in [0.2, 0.25) is 5.43 Å². The zero-order valence-electron chi connectivity index (χ0n) is 19.7. The van der Waals surface area contributed by atoms with E-state index in [2.05, 4.69) is 52.9 Å². The number of aromatic hydroxyl groups is 1. The molecule has 3 aliphatic rings. The van der Waals surface area contributed by atoms with Gasteiger partial charge in [0.1, 0.15) is 6.17 Å². The fraction of sp³-hybridized carbons (Fsp3) is 0.214. The third-order valence-electron chi connectivity index (χ3n) is 7.32. The van der Waals surface area contributed by atoms with Gasteiger partial charge in [-0.05, 0) is 39.8 Å². The van der Waals surface area contributed by atoms with Crippen LogP contribution in [0.1, 0.15) is 33.2 Å². The summed E-state index contributed by atoms with van der Waals surface area (Å²) in [7, 11) is 0. The fourth-order valence-electron chi connectivity index (χ4n) is 5.66. The second-order valence-electron chi connectivity index (χ2n) is 9.24. The molecule has 1 amide bonds. The van der Waals surface area contributed by atoms with Crippen LogP contribution in [0, 0.1) is 0 Å². The molecule has 7 rings (SSSR count). The van der Waals surface area contributed by atoms with E-state index in [1.807, 2.05) is 12.1 Å². The lowest BCUT2D eigenvalue weighted by Crippen LogP contribution is -2.66. The number of pyridine rings is 1. The number of nitrogens with zero attached hydrogens (tertiary/aromatic N) is 3. The Labute approximate surface area is 221 Å². The Hall–Kier alpha value is -3.53. The van der Waals surface area contributed by atoms with E-state index in [-0.39, 0.29) is 17.6 Å². The van der Waals surface area contributed by atoms with Crippen molar-refractivity contribution in [1.82, 2.24) is 9.58 Å². The van der Waals surface area contributed by atoms with Gasteiger partial charge in [-0.15, -0.1) is 23.1 Å². The van der Waals surface area contributed by atoms with Crippen LogP contribution in [0.4, 0.5) is 0 Å². The summed E-state index contributed by atoms with van der Waals surface area (Å²) < 4.78 is 7.57. The number of fused-ring (bicyclic) bond motifs is 4. The highest BCUT2D eigenvalue weighted by Crippen LogP contribution is 2.47. The van der Waals surface area contributed by atoms with E-state index in [1.54, 1.807) is 38.9 Å². The van der Waals surface area contributed by atoms with E-state index in [9.17, 15) is 14.7 Å². The fourth-order valence-corrected chi connectivity index (χ4v) is 7.58. The number of thioether (sulfide) groups is 1. The SMILES string of the molecule is O=C1c2c(O)c(=O)ccn2N([C@H]2c3ccccc3SCc3c(-c4cccs4)cccc32)[C@H]2COCCN12. The molecule has 186 valence electrons. The van der Waals surface area contributed by atoms with Crippen LogP contribution in [0.15, 0.2) is 81.9 Å². The van der Waals surface area contributed by atoms with E-state index in [0.29, 0.717) is 19.8 Å². The number of thiophene rings is 1. The maximum Gasteiger partial charge on any atom is 0.278 e. The normalized spacial score (nSPS) is 20.5. The van der Waals surface area contributed by atoms with Crippen LogP contribution < -0.4 is 10.4 Å². The van der Waals surface area contributed by atoms with Crippen LogP contribution in [-0.4, -0.2) is 46.5 Å². The molecule has 2 aromatic carbocycles. The highest BCUT2D eigenvalue weighted by atomic mass is 32.2. The highest BCUT2D eigenvalue weighted by Gasteiger charge is 2.46. The number of ether oxygens (including phenoxy) is 1. The first-order valence-electron chi connectivity index (χ1n) is 12.1. The van der Waals surface area contributed by atoms with E-state index in [1.165, 1.54) is 22.1 Å². The van der Waals surface area contributed by atoms with Crippen LogP contribution in [0.25, 0.3) is 10.4 Å². The minimum absolute atomic E-state index is 0.00371. The number of carbonyl (C=O) groups excluding carboxylic acids is 1. The topological polar surface area (TPSA) is 75.0 Å². The second kappa shape index (κ2) is 8.79. The molecular weight excluding hydrogens is 506 g/mol. The van der Waals surface area contributed by atoms with Crippen molar-refractivity contribution >= 4 is 29.0 Å². The van der Waals surface area contributed by atoms with Gasteiger partial charge >= 0.3 is 0 Å². The maximum absolute atomic E-state index is 13.5. The Balaban J connectivity index is 1.53. The maximum atomic E-state index is 13.5. The van der Waals surface area contributed by atoms with Crippen LogP contribution in [-0.2, 0) is 10.5 Å². The lowest BCUT2D eigenvalue weighted by molar-refractivity contribution is -0.0197. The summed E-state index contributed by atoms with van der Waals surface area (Å²) in [5, 5.41) is 15.0. The largest absolute Gasteiger partial charge is 0.502 e. The predicted molar refractivity (Wildman–Crippen MR) is 144 cm³/mol. The number of hydrogen-bond acceptors (Lipinski definition) is 7. The summed E-state index contributed by atoms with van der Waals surface area (Å²) in [6, 6.07) is 20.0. The molecule has 0 saturated carbocycles. The van der Waals surface area contributed by atoms with Crippen molar-refractivity contribution in [2.75, 3.05) is 24.8 Å². The molecule has 1 N–H and O–H groups in total. The molecule has 37 heavy (non-hydrogen) atoms. The molecule has 9 heteroatoms. The number of rotatable bonds is 2.